The van der Waals surface area contributed by atoms with Gasteiger partial charge in [-0.3, -0.25) is 0 Å². The van der Waals surface area contributed by atoms with Gasteiger partial charge < -0.3 is 9.47 Å². The Bertz CT molecular complexity index is 404. The second-order valence-electron chi connectivity index (χ2n) is 3.25. The highest BCUT2D eigenvalue weighted by Gasteiger charge is 2.15. The van der Waals surface area contributed by atoms with Gasteiger partial charge in [0.25, 0.3) is 0 Å². The molecule has 16 heavy (non-hydrogen) atoms. The second-order valence-corrected chi connectivity index (χ2v) is 5.03. The topological polar surface area (TPSA) is 64.6 Å². The van der Waals surface area contributed by atoms with Crippen LogP contribution in [0.3, 0.4) is 0 Å². The highest BCUT2D eigenvalue weighted by atomic mass is 32.2. The number of ether oxygens (including phenoxy) is 2. The first-order chi connectivity index (χ1) is 7.53. The van der Waals surface area contributed by atoms with Crippen molar-refractivity contribution in [2.24, 2.45) is 0 Å². The number of methoxy groups -OCH3 is 1. The van der Waals surface area contributed by atoms with Crippen LogP contribution in [0.25, 0.3) is 0 Å². The minimum Gasteiger partial charge on any atom is -0.359 e. The fourth-order valence-corrected chi connectivity index (χ4v) is 1.75. The zero-order valence-corrected chi connectivity index (χ0v) is 10.0. The zero-order valence-electron chi connectivity index (χ0n) is 9.21. The third-order valence-corrected chi connectivity index (χ3v) is 2.42. The summed E-state index contributed by atoms with van der Waals surface area (Å²) in [6, 6.07) is 9.01. The largest absolute Gasteiger partial charge is 0.359 e. The lowest BCUT2D eigenvalue weighted by atomic mass is 10.2. The van der Waals surface area contributed by atoms with Gasteiger partial charge in [-0.15, -0.1) is 0 Å². The van der Waals surface area contributed by atoms with E-state index in [9.17, 15) is 8.42 Å². The maximum Gasteiger partial charge on any atom is 0.211 e. The molecule has 0 aliphatic heterocycles. The Hall–Kier alpha value is -0.950. The molecule has 0 amide bonds. The molecule has 0 aliphatic carbocycles. The van der Waals surface area contributed by atoms with Crippen molar-refractivity contribution < 1.29 is 17.9 Å². The van der Waals surface area contributed by atoms with E-state index in [0.717, 1.165) is 11.8 Å². The molecule has 1 unspecified atom stereocenters. The summed E-state index contributed by atoms with van der Waals surface area (Å²) in [6.07, 6.45) is 0.357. The summed E-state index contributed by atoms with van der Waals surface area (Å²) in [5, 5.41) is 0. The van der Waals surface area contributed by atoms with Gasteiger partial charge in [-0.2, -0.15) is 4.72 Å². The summed E-state index contributed by atoms with van der Waals surface area (Å²) in [4.78, 5) is 0. The monoisotopic (exact) mass is 245 g/mol. The molecule has 0 saturated carbocycles. The molecule has 1 rings (SSSR count). The highest BCUT2D eigenvalue weighted by molar-refractivity contribution is 7.88. The van der Waals surface area contributed by atoms with Crippen LogP contribution in [-0.2, 0) is 19.5 Å². The van der Waals surface area contributed by atoms with Crippen molar-refractivity contribution in [3.05, 3.63) is 35.9 Å². The molecule has 1 atom stereocenters. The van der Waals surface area contributed by atoms with Crippen molar-refractivity contribution in [2.75, 3.05) is 20.2 Å². The fourth-order valence-electron chi connectivity index (χ4n) is 1.16. The molecule has 1 N–H and O–H groups in total. The van der Waals surface area contributed by atoms with Gasteiger partial charge in [0.2, 0.25) is 10.0 Å². The van der Waals surface area contributed by atoms with Crippen molar-refractivity contribution >= 4 is 10.0 Å². The number of hydrogen-bond donors (Lipinski definition) is 1. The number of rotatable bonds is 6. The first-order valence-corrected chi connectivity index (χ1v) is 6.55. The number of benzene rings is 1. The van der Waals surface area contributed by atoms with Crippen molar-refractivity contribution in [2.45, 2.75) is 6.23 Å². The van der Waals surface area contributed by atoms with Gasteiger partial charge in [-0.05, 0) is 5.56 Å². The molecule has 1 aromatic carbocycles. The van der Waals surface area contributed by atoms with Gasteiger partial charge in [0.15, 0.2) is 0 Å². The maximum absolute atomic E-state index is 11.1. The first-order valence-electron chi connectivity index (χ1n) is 4.66. The van der Waals surface area contributed by atoms with Crippen LogP contribution in [0.1, 0.15) is 11.8 Å². The fraction of sp³-hybridized carbons (Fsp3) is 0.400. The van der Waals surface area contributed by atoms with Gasteiger partial charge in [0.05, 0.1) is 6.26 Å². The number of hydrogen-bond acceptors (Lipinski definition) is 4. The van der Waals surface area contributed by atoms with Crippen molar-refractivity contribution in [3.8, 4) is 0 Å². The van der Waals surface area contributed by atoms with Crippen LogP contribution in [0.4, 0.5) is 0 Å². The van der Waals surface area contributed by atoms with Crippen LogP contribution in [0.15, 0.2) is 30.3 Å². The van der Waals surface area contributed by atoms with E-state index in [-0.39, 0.29) is 6.79 Å². The Labute approximate surface area is 95.4 Å². The SMILES string of the molecule is COCOC(NS(C)(=O)=O)c1ccccc1. The molecule has 0 aliphatic rings. The number of sulfonamides is 1. The third-order valence-electron chi connectivity index (χ3n) is 1.78. The van der Waals surface area contributed by atoms with E-state index in [1.165, 1.54) is 7.11 Å². The van der Waals surface area contributed by atoms with E-state index in [1.54, 1.807) is 12.1 Å². The normalized spacial score (nSPS) is 13.6. The lowest BCUT2D eigenvalue weighted by Gasteiger charge is -2.17. The maximum atomic E-state index is 11.1. The van der Waals surface area contributed by atoms with Crippen LogP contribution in [0, 0.1) is 0 Å². The average Bonchev–Trinajstić information content (AvgIpc) is 2.24. The standard InChI is InChI=1S/C10H15NO4S/c1-14-8-15-10(11-16(2,12)13)9-6-4-3-5-7-9/h3-7,10-11H,8H2,1-2H3. The predicted molar refractivity (Wildman–Crippen MR) is 60.1 cm³/mol. The summed E-state index contributed by atoms with van der Waals surface area (Å²) in [5.74, 6) is 0. The number of nitrogens with one attached hydrogen (secondary N) is 1. The summed E-state index contributed by atoms with van der Waals surface area (Å²) < 4.78 is 34.7. The van der Waals surface area contributed by atoms with E-state index in [2.05, 4.69) is 4.72 Å². The van der Waals surface area contributed by atoms with Crippen molar-refractivity contribution in [3.63, 3.8) is 0 Å². The van der Waals surface area contributed by atoms with Crippen LogP contribution in [-0.4, -0.2) is 28.6 Å². The van der Waals surface area contributed by atoms with Crippen LogP contribution < -0.4 is 4.72 Å². The van der Waals surface area contributed by atoms with Gasteiger partial charge in [-0.25, -0.2) is 8.42 Å². The van der Waals surface area contributed by atoms with Crippen molar-refractivity contribution in [1.82, 2.24) is 4.72 Å². The van der Waals surface area contributed by atoms with E-state index in [1.807, 2.05) is 18.2 Å². The first kappa shape index (κ1) is 13.1. The lowest BCUT2D eigenvalue weighted by Crippen LogP contribution is -2.29. The molecular weight excluding hydrogens is 230 g/mol. The van der Waals surface area contributed by atoms with Gasteiger partial charge in [0.1, 0.15) is 13.0 Å². The van der Waals surface area contributed by atoms with Crippen LogP contribution >= 0.6 is 0 Å². The summed E-state index contributed by atoms with van der Waals surface area (Å²) in [7, 11) is -1.86. The Balaban J connectivity index is 2.79. The Morgan fingerprint density at radius 2 is 1.94 bits per heavy atom. The molecule has 5 nitrogen and oxygen atoms in total. The van der Waals surface area contributed by atoms with Gasteiger partial charge >= 0.3 is 0 Å². The predicted octanol–water partition coefficient (Wildman–Crippen LogP) is 0.855. The van der Waals surface area contributed by atoms with E-state index in [4.69, 9.17) is 9.47 Å². The van der Waals surface area contributed by atoms with Crippen LogP contribution in [0.2, 0.25) is 0 Å². The summed E-state index contributed by atoms with van der Waals surface area (Å²) in [5.41, 5.74) is 0.727. The minimum atomic E-state index is -3.33. The van der Waals surface area contributed by atoms with Crippen molar-refractivity contribution in [1.29, 1.82) is 0 Å². The molecule has 0 heterocycles. The molecule has 6 heteroatoms. The average molecular weight is 245 g/mol. The van der Waals surface area contributed by atoms with Crippen LogP contribution in [0.5, 0.6) is 0 Å². The Morgan fingerprint density at radius 1 is 1.31 bits per heavy atom. The summed E-state index contributed by atoms with van der Waals surface area (Å²) >= 11 is 0. The smallest absolute Gasteiger partial charge is 0.211 e. The molecule has 0 bridgehead atoms. The van der Waals surface area contributed by atoms with E-state index < -0.39 is 16.3 Å². The van der Waals surface area contributed by atoms with Gasteiger partial charge in [0, 0.05) is 7.11 Å². The molecule has 0 radical (unpaired) electrons. The zero-order chi connectivity index (χ0) is 12.0. The molecule has 1 aromatic rings. The molecule has 0 fully saturated rings. The van der Waals surface area contributed by atoms with E-state index in [0.29, 0.717) is 0 Å². The van der Waals surface area contributed by atoms with Gasteiger partial charge in [-0.1, -0.05) is 30.3 Å². The Kier molecular flexibility index (Phi) is 4.88. The summed E-state index contributed by atoms with van der Waals surface area (Å²) in [6.45, 7) is 0.0160. The second kappa shape index (κ2) is 5.95. The van der Waals surface area contributed by atoms with E-state index >= 15 is 0 Å². The molecular formula is C10H15NO4S. The molecule has 0 saturated heterocycles. The third kappa shape index (κ3) is 4.71. The minimum absolute atomic E-state index is 0.0160. The molecule has 90 valence electrons. The lowest BCUT2D eigenvalue weighted by molar-refractivity contribution is -0.0770. The molecule has 0 aromatic heterocycles. The molecule has 0 spiro atoms. The Morgan fingerprint density at radius 3 is 2.44 bits per heavy atom. The quantitative estimate of drug-likeness (QED) is 0.755. The highest BCUT2D eigenvalue weighted by Crippen LogP contribution is 2.14.